The van der Waals surface area contributed by atoms with Gasteiger partial charge in [0, 0.05) is 13.1 Å². The number of amides is 1. The van der Waals surface area contributed by atoms with Gasteiger partial charge in [-0.05, 0) is 20.8 Å². The predicted molar refractivity (Wildman–Crippen MR) is 70.5 cm³/mol. The molecule has 0 bridgehead atoms. The Morgan fingerprint density at radius 1 is 1.40 bits per heavy atom. The van der Waals surface area contributed by atoms with Crippen LogP contribution in [0.3, 0.4) is 0 Å². The van der Waals surface area contributed by atoms with Gasteiger partial charge in [-0.1, -0.05) is 0 Å². The number of hydrogen-bond donors (Lipinski definition) is 2. The number of carbonyl (C=O) groups excluding carboxylic acids is 1. The Morgan fingerprint density at radius 3 is 2.40 bits per heavy atom. The van der Waals surface area contributed by atoms with E-state index in [1.54, 1.807) is 20.8 Å². The maximum Gasteiger partial charge on any atom is 0.410 e. The van der Waals surface area contributed by atoms with Crippen molar-refractivity contribution in [3.63, 3.8) is 0 Å². The van der Waals surface area contributed by atoms with Crippen LogP contribution in [0.15, 0.2) is 0 Å². The van der Waals surface area contributed by atoms with E-state index in [2.05, 4.69) is 5.32 Å². The van der Waals surface area contributed by atoms with Crippen LogP contribution in [0.5, 0.6) is 0 Å². The molecule has 0 aromatic heterocycles. The highest BCUT2D eigenvalue weighted by atomic mass is 16.6. The Morgan fingerprint density at radius 2 is 2.00 bits per heavy atom. The summed E-state index contributed by atoms with van der Waals surface area (Å²) in [4.78, 5) is 24.4. The average Bonchev–Trinajstić information content (AvgIpc) is 2.14. The molecule has 0 aromatic rings. The number of carboxylic acids is 1. The predicted octanol–water partition coefficient (Wildman–Crippen LogP) is 0.439. The standard InChI is InChI=1S/C13H22N2O5/c1-12(2,3)20-11(18)15-7-13(8-15,4-10(16)17)14-9-5-19-6-9/h9,14H,4-8H2,1-3H3,(H,16,17). The Labute approximate surface area is 118 Å². The van der Waals surface area contributed by atoms with Gasteiger partial charge in [-0.15, -0.1) is 0 Å². The molecule has 0 atom stereocenters. The van der Waals surface area contributed by atoms with E-state index in [1.165, 1.54) is 4.90 Å². The van der Waals surface area contributed by atoms with Crippen LogP contribution < -0.4 is 5.32 Å². The van der Waals surface area contributed by atoms with Gasteiger partial charge in [-0.3, -0.25) is 4.79 Å². The van der Waals surface area contributed by atoms with E-state index >= 15 is 0 Å². The molecule has 7 nitrogen and oxygen atoms in total. The summed E-state index contributed by atoms with van der Waals surface area (Å²) in [5.41, 5.74) is -1.10. The molecule has 2 rings (SSSR count). The average molecular weight is 286 g/mol. The van der Waals surface area contributed by atoms with Gasteiger partial charge in [0.2, 0.25) is 0 Å². The summed E-state index contributed by atoms with van der Waals surface area (Å²) >= 11 is 0. The molecule has 114 valence electrons. The van der Waals surface area contributed by atoms with E-state index in [0.29, 0.717) is 26.3 Å². The molecule has 1 amide bonds. The second-order valence-electron chi connectivity index (χ2n) is 6.57. The fraction of sp³-hybridized carbons (Fsp3) is 0.846. The number of nitrogens with one attached hydrogen (secondary N) is 1. The topological polar surface area (TPSA) is 88.1 Å². The fourth-order valence-corrected chi connectivity index (χ4v) is 2.44. The molecule has 0 radical (unpaired) electrons. The Kier molecular flexibility index (Phi) is 3.93. The van der Waals surface area contributed by atoms with Crippen molar-refractivity contribution in [2.75, 3.05) is 26.3 Å². The number of aliphatic carboxylic acids is 1. The van der Waals surface area contributed by atoms with Crippen molar-refractivity contribution < 1.29 is 24.2 Å². The van der Waals surface area contributed by atoms with Crippen LogP contribution in [0.2, 0.25) is 0 Å². The smallest absolute Gasteiger partial charge is 0.410 e. The lowest BCUT2D eigenvalue weighted by Gasteiger charge is -2.52. The highest BCUT2D eigenvalue weighted by Crippen LogP contribution is 2.28. The maximum absolute atomic E-state index is 11.9. The first-order chi connectivity index (χ1) is 9.19. The SMILES string of the molecule is CC(C)(C)OC(=O)N1CC(CC(=O)O)(NC2COC2)C1. The second kappa shape index (κ2) is 5.21. The van der Waals surface area contributed by atoms with Gasteiger partial charge in [0.1, 0.15) is 5.60 Å². The monoisotopic (exact) mass is 286 g/mol. The maximum atomic E-state index is 11.9. The number of hydrogen-bond acceptors (Lipinski definition) is 5. The summed E-state index contributed by atoms with van der Waals surface area (Å²) in [5, 5.41) is 12.3. The van der Waals surface area contributed by atoms with Crippen molar-refractivity contribution >= 4 is 12.1 Å². The molecule has 2 fully saturated rings. The van der Waals surface area contributed by atoms with Crippen molar-refractivity contribution in [2.45, 2.75) is 44.4 Å². The molecule has 0 unspecified atom stereocenters. The van der Waals surface area contributed by atoms with Crippen LogP contribution in [0, 0.1) is 0 Å². The zero-order chi connectivity index (χ0) is 15.0. The summed E-state index contributed by atoms with van der Waals surface area (Å²) in [6.45, 7) is 7.30. The minimum absolute atomic E-state index is 0.0111. The number of ether oxygens (including phenoxy) is 2. The third kappa shape index (κ3) is 3.61. The van der Waals surface area contributed by atoms with Crippen LogP contribution in [0.1, 0.15) is 27.2 Å². The van der Waals surface area contributed by atoms with Crippen molar-refractivity contribution in [3.8, 4) is 0 Å². The molecular weight excluding hydrogens is 264 g/mol. The molecule has 0 spiro atoms. The Hall–Kier alpha value is -1.34. The number of nitrogens with zero attached hydrogens (tertiary/aromatic N) is 1. The summed E-state index contributed by atoms with van der Waals surface area (Å²) in [7, 11) is 0. The lowest BCUT2D eigenvalue weighted by atomic mass is 9.85. The molecule has 0 aliphatic carbocycles. The van der Waals surface area contributed by atoms with E-state index in [1.807, 2.05) is 0 Å². The van der Waals surface area contributed by atoms with Gasteiger partial charge in [0.25, 0.3) is 0 Å². The van der Waals surface area contributed by atoms with Crippen molar-refractivity contribution in [1.29, 1.82) is 0 Å². The second-order valence-corrected chi connectivity index (χ2v) is 6.57. The van der Waals surface area contributed by atoms with Crippen molar-refractivity contribution in [2.24, 2.45) is 0 Å². The zero-order valence-corrected chi connectivity index (χ0v) is 12.1. The summed E-state index contributed by atoms with van der Waals surface area (Å²) in [6, 6.07) is 0.176. The van der Waals surface area contributed by atoms with Crippen LogP contribution >= 0.6 is 0 Å². The van der Waals surface area contributed by atoms with Crippen LogP contribution in [0.4, 0.5) is 4.79 Å². The summed E-state index contributed by atoms with van der Waals surface area (Å²) < 4.78 is 10.4. The Balaban J connectivity index is 1.90. The number of rotatable bonds is 4. The number of likely N-dealkylation sites (tertiary alicyclic amines) is 1. The molecule has 0 saturated carbocycles. The molecule has 2 aliphatic heterocycles. The molecule has 2 heterocycles. The minimum atomic E-state index is -0.874. The normalized spacial score (nSPS) is 21.9. The molecule has 2 N–H and O–H groups in total. The van der Waals surface area contributed by atoms with Crippen LogP contribution in [-0.2, 0) is 14.3 Å². The van der Waals surface area contributed by atoms with Gasteiger partial charge in [0.15, 0.2) is 0 Å². The number of carbonyl (C=O) groups is 2. The van der Waals surface area contributed by atoms with Gasteiger partial charge in [-0.2, -0.15) is 0 Å². The van der Waals surface area contributed by atoms with E-state index in [4.69, 9.17) is 14.6 Å². The molecule has 2 saturated heterocycles. The van der Waals surface area contributed by atoms with Gasteiger partial charge in [-0.25, -0.2) is 4.79 Å². The highest BCUT2D eigenvalue weighted by Gasteiger charge is 2.49. The lowest BCUT2D eigenvalue weighted by Crippen LogP contribution is -2.74. The first-order valence-electron chi connectivity index (χ1n) is 6.74. The minimum Gasteiger partial charge on any atom is -0.481 e. The lowest BCUT2D eigenvalue weighted by molar-refractivity contribution is -0.142. The molecular formula is C13H22N2O5. The highest BCUT2D eigenvalue weighted by molar-refractivity contribution is 5.73. The van der Waals surface area contributed by atoms with Gasteiger partial charge in [0.05, 0.1) is 31.2 Å². The summed E-state index contributed by atoms with van der Waals surface area (Å²) in [6.07, 6.45) is -0.409. The largest absolute Gasteiger partial charge is 0.481 e. The van der Waals surface area contributed by atoms with Gasteiger partial charge < -0.3 is 24.8 Å². The van der Waals surface area contributed by atoms with Gasteiger partial charge >= 0.3 is 12.1 Å². The van der Waals surface area contributed by atoms with Crippen LogP contribution in [0.25, 0.3) is 0 Å². The van der Waals surface area contributed by atoms with E-state index in [9.17, 15) is 9.59 Å². The molecule has 20 heavy (non-hydrogen) atoms. The third-order valence-corrected chi connectivity index (χ3v) is 3.28. The summed E-state index contributed by atoms with van der Waals surface area (Å²) in [5.74, 6) is -0.874. The number of carboxylic acid groups (broad SMARTS) is 1. The van der Waals surface area contributed by atoms with E-state index < -0.39 is 23.2 Å². The molecule has 2 aliphatic rings. The fourth-order valence-electron chi connectivity index (χ4n) is 2.44. The van der Waals surface area contributed by atoms with Crippen LogP contribution in [-0.4, -0.2) is 65.6 Å². The van der Waals surface area contributed by atoms with Crippen molar-refractivity contribution in [3.05, 3.63) is 0 Å². The first kappa shape index (κ1) is 15.1. The quantitative estimate of drug-likeness (QED) is 0.779. The van der Waals surface area contributed by atoms with Crippen molar-refractivity contribution in [1.82, 2.24) is 10.2 Å². The van der Waals surface area contributed by atoms with E-state index in [-0.39, 0.29) is 12.5 Å². The zero-order valence-electron chi connectivity index (χ0n) is 12.1. The molecule has 7 heteroatoms. The molecule has 0 aromatic carbocycles. The first-order valence-corrected chi connectivity index (χ1v) is 6.74. The third-order valence-electron chi connectivity index (χ3n) is 3.28. The Bertz CT molecular complexity index is 394. The van der Waals surface area contributed by atoms with E-state index in [0.717, 1.165) is 0 Å².